The third kappa shape index (κ3) is 4.43. The number of allylic oxidation sites excluding steroid dienone is 3. The van der Waals surface area contributed by atoms with Crippen LogP contribution in [0, 0.1) is 34.0 Å². The van der Waals surface area contributed by atoms with Crippen LogP contribution in [0.3, 0.4) is 0 Å². The molecule has 274 valence electrons. The molecule has 5 heterocycles. The maximum Gasteiger partial charge on any atom is 0.156 e. The summed E-state index contributed by atoms with van der Waals surface area (Å²) in [7, 11) is 0. The van der Waals surface area contributed by atoms with E-state index < -0.39 is 5.41 Å². The van der Waals surface area contributed by atoms with Crippen LogP contribution in [0.15, 0.2) is 150 Å². The number of hydrogen-bond acceptors (Lipinski definition) is 7. The number of pyridine rings is 2. The first kappa shape index (κ1) is 33.7. The Morgan fingerprint density at radius 2 is 1.36 bits per heavy atom. The minimum Gasteiger partial charge on any atom is -0.454 e. The first-order valence-corrected chi connectivity index (χ1v) is 19.0. The van der Waals surface area contributed by atoms with Crippen molar-refractivity contribution in [1.82, 2.24) is 19.1 Å². The molecule has 1 spiro atoms. The highest BCUT2D eigenvalue weighted by atomic mass is 16.5. The fraction of sp³-hybridized carbons (Fsp3) is 0.0400. The van der Waals surface area contributed by atoms with E-state index in [1.807, 2.05) is 92.0 Å². The Bertz CT molecular complexity index is 3490. The van der Waals surface area contributed by atoms with Crippen LogP contribution in [0.4, 0.5) is 0 Å². The van der Waals surface area contributed by atoms with Gasteiger partial charge in [-0.25, -0.2) is 4.98 Å². The number of para-hydroxylation sites is 3. The molecule has 0 radical (unpaired) electrons. The van der Waals surface area contributed by atoms with E-state index in [4.69, 9.17) is 14.7 Å². The quantitative estimate of drug-likeness (QED) is 0.164. The van der Waals surface area contributed by atoms with Gasteiger partial charge >= 0.3 is 0 Å². The Balaban J connectivity index is 1.26. The van der Waals surface area contributed by atoms with E-state index in [1.54, 1.807) is 18.3 Å². The van der Waals surface area contributed by atoms with Crippen molar-refractivity contribution in [1.29, 1.82) is 15.8 Å². The monoisotopic (exact) mass is 756 g/mol. The topological polar surface area (TPSA) is 129 Å². The number of aliphatic imine (C=N–C) groups is 1. The van der Waals surface area contributed by atoms with Crippen LogP contribution in [0.1, 0.15) is 46.1 Å². The summed E-state index contributed by atoms with van der Waals surface area (Å²) in [5.41, 5.74) is 10.6. The SMILES string of the molecule is C=NC1=C(/C=C\C)C2(c3ccccc3Oc3c(-n4c5ccc(C#N)cc5c5cc(C#N)ncc54)cccc32)c2cc(-n3c4ccccc4c4cc(C#N)ccc43)cnc21. The Kier molecular flexibility index (Phi) is 7.13. The van der Waals surface area contributed by atoms with Crippen LogP contribution in [-0.2, 0) is 5.41 Å². The number of rotatable bonds is 4. The fourth-order valence-electron chi connectivity index (χ4n) is 9.47. The number of hydrogen-bond donors (Lipinski definition) is 0. The molecule has 59 heavy (non-hydrogen) atoms. The second-order valence-electron chi connectivity index (χ2n) is 14.6. The zero-order valence-electron chi connectivity index (χ0n) is 31.5. The Labute approximate surface area is 337 Å². The van der Waals surface area contributed by atoms with Crippen molar-refractivity contribution in [3.63, 3.8) is 0 Å². The van der Waals surface area contributed by atoms with Crippen molar-refractivity contribution >= 4 is 56.0 Å². The largest absolute Gasteiger partial charge is 0.454 e. The minimum atomic E-state index is -0.965. The van der Waals surface area contributed by atoms with Crippen molar-refractivity contribution in [2.24, 2.45) is 4.99 Å². The fourth-order valence-corrected chi connectivity index (χ4v) is 9.47. The number of fused-ring (bicyclic) bond motifs is 12. The lowest BCUT2D eigenvalue weighted by Gasteiger charge is -2.40. The molecule has 9 heteroatoms. The van der Waals surface area contributed by atoms with E-state index in [9.17, 15) is 15.8 Å². The van der Waals surface area contributed by atoms with E-state index in [0.717, 1.165) is 77.2 Å². The lowest BCUT2D eigenvalue weighted by atomic mass is 9.65. The van der Waals surface area contributed by atoms with E-state index in [2.05, 4.69) is 75.5 Å². The smallest absolute Gasteiger partial charge is 0.156 e. The molecule has 0 saturated carbocycles. The summed E-state index contributed by atoms with van der Waals surface area (Å²) in [6.45, 7) is 6.08. The molecule has 9 aromatic rings. The molecule has 11 rings (SSSR count). The summed E-state index contributed by atoms with van der Waals surface area (Å²) in [6.07, 6.45) is 7.72. The van der Waals surface area contributed by atoms with E-state index in [0.29, 0.717) is 34.0 Å². The number of nitriles is 3. The van der Waals surface area contributed by atoms with Crippen molar-refractivity contribution < 1.29 is 4.74 Å². The van der Waals surface area contributed by atoms with Gasteiger partial charge in [0.1, 0.15) is 17.5 Å². The standard InChI is InChI=1S/C50H28N8O/c1-3-9-38-47(54-2)48-40(23-32(27-56-48)57-41-13-6-4-10-33(41)34-20-29(24-51)16-18-42(34)57)50(38)37-11-5-7-15-46(37)59-49-39(50)12-8-14-44(49)58-43-19-17-30(25-52)21-35(43)36-22-31(26-53)55-28-45(36)58/h3-23,27-28H,2H2,1H3/b9-3-. The first-order chi connectivity index (χ1) is 29.0. The molecule has 1 unspecified atom stereocenters. The van der Waals surface area contributed by atoms with Crippen molar-refractivity contribution in [2.45, 2.75) is 12.3 Å². The zero-order chi connectivity index (χ0) is 40.0. The maximum absolute atomic E-state index is 9.88. The van der Waals surface area contributed by atoms with Gasteiger partial charge in [-0.2, -0.15) is 15.8 Å². The summed E-state index contributed by atoms with van der Waals surface area (Å²) >= 11 is 0. The van der Waals surface area contributed by atoms with Gasteiger partial charge in [-0.05, 0) is 85.9 Å². The van der Waals surface area contributed by atoms with Gasteiger partial charge in [-0.1, -0.05) is 60.7 Å². The molecule has 5 aromatic carbocycles. The summed E-state index contributed by atoms with van der Waals surface area (Å²) in [5, 5.41) is 33.2. The second kappa shape index (κ2) is 12.5. The number of ether oxygens (including phenoxy) is 1. The highest BCUT2D eigenvalue weighted by Gasteiger charge is 2.53. The number of nitrogens with zero attached hydrogens (tertiary/aromatic N) is 8. The molecule has 4 aromatic heterocycles. The molecule has 0 saturated heterocycles. The minimum absolute atomic E-state index is 0.281. The van der Waals surface area contributed by atoms with Gasteiger partial charge in [0.2, 0.25) is 0 Å². The summed E-state index contributed by atoms with van der Waals surface area (Å²) in [6, 6.07) is 44.6. The third-order valence-corrected chi connectivity index (χ3v) is 11.7. The lowest BCUT2D eigenvalue weighted by molar-refractivity contribution is 0.434. The van der Waals surface area contributed by atoms with E-state index >= 15 is 0 Å². The highest BCUT2D eigenvalue weighted by Crippen LogP contribution is 2.62. The maximum atomic E-state index is 9.88. The van der Waals surface area contributed by atoms with Gasteiger partial charge in [0, 0.05) is 38.2 Å². The first-order valence-electron chi connectivity index (χ1n) is 19.0. The van der Waals surface area contributed by atoms with Crippen molar-refractivity contribution in [3.8, 4) is 41.1 Å². The predicted molar refractivity (Wildman–Crippen MR) is 229 cm³/mol. The Hall–Kier alpha value is -8.58. The molecular weight excluding hydrogens is 729 g/mol. The molecule has 1 atom stereocenters. The molecule has 1 aliphatic carbocycles. The average molecular weight is 757 g/mol. The number of benzene rings is 5. The summed E-state index contributed by atoms with van der Waals surface area (Å²) in [5.74, 6) is 1.30. The lowest BCUT2D eigenvalue weighted by Crippen LogP contribution is -2.33. The van der Waals surface area contributed by atoms with Crippen LogP contribution in [-0.4, -0.2) is 25.8 Å². The van der Waals surface area contributed by atoms with Crippen molar-refractivity contribution in [3.05, 3.63) is 185 Å². The zero-order valence-corrected chi connectivity index (χ0v) is 31.5. The van der Waals surface area contributed by atoms with Gasteiger partial charge in [0.15, 0.2) is 5.75 Å². The van der Waals surface area contributed by atoms with Crippen LogP contribution < -0.4 is 4.74 Å². The Morgan fingerprint density at radius 3 is 2.12 bits per heavy atom. The normalized spacial score (nSPS) is 15.3. The van der Waals surface area contributed by atoms with Gasteiger partial charge < -0.3 is 13.9 Å². The van der Waals surface area contributed by atoms with Crippen molar-refractivity contribution in [2.75, 3.05) is 0 Å². The molecule has 0 fully saturated rings. The molecular formula is C50H28N8O. The van der Waals surface area contributed by atoms with Crippen LogP contribution in [0.2, 0.25) is 0 Å². The predicted octanol–water partition coefficient (Wildman–Crippen LogP) is 10.7. The molecule has 0 bridgehead atoms. The molecule has 2 aliphatic rings. The molecule has 0 N–H and O–H groups in total. The third-order valence-electron chi connectivity index (χ3n) is 11.7. The van der Waals surface area contributed by atoms with Gasteiger partial charge in [-0.3, -0.25) is 9.98 Å². The van der Waals surface area contributed by atoms with E-state index in [1.165, 1.54) is 0 Å². The number of aromatic nitrogens is 4. The van der Waals surface area contributed by atoms with Crippen LogP contribution >= 0.6 is 0 Å². The molecule has 1 aliphatic heterocycles. The Morgan fingerprint density at radius 1 is 0.661 bits per heavy atom. The highest BCUT2D eigenvalue weighted by molar-refractivity contribution is 6.11. The van der Waals surface area contributed by atoms with Gasteiger partial charge in [-0.15, -0.1) is 0 Å². The molecule has 9 nitrogen and oxygen atoms in total. The average Bonchev–Trinajstić information content (AvgIpc) is 3.89. The molecule has 0 amide bonds. The van der Waals surface area contributed by atoms with Gasteiger partial charge in [0.25, 0.3) is 0 Å². The van der Waals surface area contributed by atoms with Crippen LogP contribution in [0.5, 0.6) is 11.5 Å². The van der Waals surface area contributed by atoms with Crippen LogP contribution in [0.25, 0.3) is 60.7 Å². The van der Waals surface area contributed by atoms with E-state index in [-0.39, 0.29) is 5.69 Å². The summed E-state index contributed by atoms with van der Waals surface area (Å²) in [4.78, 5) is 14.4. The van der Waals surface area contributed by atoms with Gasteiger partial charge in [0.05, 0.1) is 85.9 Å². The summed E-state index contributed by atoms with van der Waals surface area (Å²) < 4.78 is 11.4. The second-order valence-corrected chi connectivity index (χ2v) is 14.6.